The zero-order valence-corrected chi connectivity index (χ0v) is 18.9. The minimum Gasteiger partial charge on any atom is -0.443 e. The van der Waals surface area contributed by atoms with Crippen LogP contribution in [0.4, 0.5) is 22.8 Å². The first-order valence-electron chi connectivity index (χ1n) is 9.04. The second-order valence-corrected chi connectivity index (χ2v) is 9.11. The molecule has 1 aromatic rings. The summed E-state index contributed by atoms with van der Waals surface area (Å²) in [6.45, 7) is 9.89. The number of carbonyl (C=O) groups excluding carboxylic acids is 2. The number of amidine groups is 1. The first kappa shape index (κ1) is 25.8. The number of hydrogen-bond acceptors (Lipinski definition) is 5. The second kappa shape index (κ2) is 9.72. The Balaban J connectivity index is 3.24. The van der Waals surface area contributed by atoms with Crippen LogP contribution in [0.5, 0.6) is 0 Å². The largest absolute Gasteiger partial charge is 0.443 e. The maximum Gasteiger partial charge on any atom is 0.436 e. The van der Waals surface area contributed by atoms with Crippen LogP contribution in [0, 0.1) is 0 Å². The Kier molecular flexibility index (Phi) is 8.36. The molecule has 168 valence electrons. The number of hydrogen-bond donors (Lipinski definition) is 0. The zero-order valence-electron chi connectivity index (χ0n) is 18.1. The van der Waals surface area contributed by atoms with E-state index in [0.29, 0.717) is 5.56 Å². The smallest absolute Gasteiger partial charge is 0.436 e. The van der Waals surface area contributed by atoms with Gasteiger partial charge in [0.25, 0.3) is 0 Å². The van der Waals surface area contributed by atoms with Crippen LogP contribution >= 0.6 is 11.8 Å². The van der Waals surface area contributed by atoms with Crippen LogP contribution in [-0.2, 0) is 22.2 Å². The van der Waals surface area contributed by atoms with Gasteiger partial charge in [0.15, 0.2) is 5.17 Å². The summed E-state index contributed by atoms with van der Waals surface area (Å²) in [6.07, 6.45) is -4.55. The molecule has 10 heteroatoms. The molecule has 1 rings (SSSR count). The lowest BCUT2D eigenvalue weighted by molar-refractivity contribution is -0.137. The van der Waals surface area contributed by atoms with E-state index in [4.69, 9.17) is 9.47 Å². The number of aliphatic imine (C=N–C) groups is 1. The minimum atomic E-state index is -4.47. The first-order chi connectivity index (χ1) is 13.5. The molecule has 0 saturated heterocycles. The number of ether oxygens (including phenoxy) is 2. The molecule has 0 spiro atoms. The van der Waals surface area contributed by atoms with Crippen molar-refractivity contribution < 1.29 is 32.2 Å². The lowest BCUT2D eigenvalue weighted by Gasteiger charge is -2.27. The number of alkyl halides is 3. The Bertz CT molecular complexity index is 779. The Labute approximate surface area is 178 Å². The molecule has 0 N–H and O–H groups in total. The van der Waals surface area contributed by atoms with Crippen molar-refractivity contribution in [2.24, 2.45) is 4.99 Å². The molecule has 1 aromatic carbocycles. The summed E-state index contributed by atoms with van der Waals surface area (Å²) in [7, 11) is 0. The van der Waals surface area contributed by atoms with Crippen LogP contribution in [0.3, 0.4) is 0 Å². The third-order valence-electron chi connectivity index (χ3n) is 3.23. The van der Waals surface area contributed by atoms with Crippen molar-refractivity contribution in [3.05, 3.63) is 35.4 Å². The van der Waals surface area contributed by atoms with Gasteiger partial charge in [0.1, 0.15) is 11.2 Å². The lowest BCUT2D eigenvalue weighted by atomic mass is 10.1. The topological polar surface area (TPSA) is 68.2 Å². The van der Waals surface area contributed by atoms with Crippen molar-refractivity contribution in [3.63, 3.8) is 0 Å². The predicted octanol–water partition coefficient (Wildman–Crippen LogP) is 6.10. The predicted molar refractivity (Wildman–Crippen MR) is 110 cm³/mol. The van der Waals surface area contributed by atoms with Crippen molar-refractivity contribution in [1.29, 1.82) is 0 Å². The number of halogens is 3. The molecule has 0 heterocycles. The van der Waals surface area contributed by atoms with E-state index in [1.165, 1.54) is 12.1 Å². The van der Waals surface area contributed by atoms with Crippen molar-refractivity contribution in [2.75, 3.05) is 6.26 Å². The zero-order chi connectivity index (χ0) is 23.3. The average Bonchev–Trinajstić information content (AvgIpc) is 2.54. The third kappa shape index (κ3) is 9.06. The molecular weight excluding hydrogens is 421 g/mol. The highest BCUT2D eigenvalue weighted by atomic mass is 32.2. The van der Waals surface area contributed by atoms with E-state index in [1.54, 1.807) is 47.8 Å². The summed E-state index contributed by atoms with van der Waals surface area (Å²) in [5.41, 5.74) is -2.01. The van der Waals surface area contributed by atoms with Gasteiger partial charge in [-0.05, 0) is 65.5 Å². The molecule has 0 saturated carbocycles. The highest BCUT2D eigenvalue weighted by Gasteiger charge is 2.31. The molecule has 30 heavy (non-hydrogen) atoms. The standard InChI is InChI=1S/C20H27F3N2O4S/c1-18(2,3)28-16(26)24-15(30-7)25(17(27)29-19(4,5)6)12-13-8-10-14(11-9-13)20(21,22)23/h8-11H,12H2,1-7H3/b24-15-. The SMILES string of the molecule is CS/C(=N\C(=O)OC(C)(C)C)N(Cc1ccc(C(F)(F)F)cc1)C(=O)OC(C)(C)C. The van der Waals surface area contributed by atoms with Crippen LogP contribution < -0.4 is 0 Å². The molecule has 0 unspecified atom stereocenters. The number of nitrogens with zero attached hydrogens (tertiary/aromatic N) is 2. The fraction of sp³-hybridized carbons (Fsp3) is 0.550. The fourth-order valence-corrected chi connectivity index (χ4v) is 2.61. The Morgan fingerprint density at radius 3 is 1.87 bits per heavy atom. The Morgan fingerprint density at radius 2 is 1.47 bits per heavy atom. The molecule has 0 aliphatic heterocycles. The van der Waals surface area contributed by atoms with Gasteiger partial charge < -0.3 is 9.47 Å². The van der Waals surface area contributed by atoms with Crippen LogP contribution in [0.15, 0.2) is 29.3 Å². The van der Waals surface area contributed by atoms with Gasteiger partial charge in [-0.2, -0.15) is 18.2 Å². The highest BCUT2D eigenvalue weighted by Crippen LogP contribution is 2.29. The summed E-state index contributed by atoms with van der Waals surface area (Å²) in [4.78, 5) is 29.8. The van der Waals surface area contributed by atoms with Crippen LogP contribution in [0.25, 0.3) is 0 Å². The molecule has 0 radical (unpaired) electrons. The molecular formula is C20H27F3N2O4S. The van der Waals surface area contributed by atoms with Crippen molar-refractivity contribution >= 4 is 29.1 Å². The van der Waals surface area contributed by atoms with Gasteiger partial charge in [-0.15, -0.1) is 0 Å². The third-order valence-corrected chi connectivity index (χ3v) is 3.91. The first-order valence-corrected chi connectivity index (χ1v) is 10.3. The molecule has 2 amide bonds. The van der Waals surface area contributed by atoms with Gasteiger partial charge in [-0.25, -0.2) is 9.59 Å². The number of rotatable bonds is 2. The summed E-state index contributed by atoms with van der Waals surface area (Å²) >= 11 is 1.01. The van der Waals surface area contributed by atoms with Crippen molar-refractivity contribution in [2.45, 2.75) is 65.5 Å². The van der Waals surface area contributed by atoms with Crippen molar-refractivity contribution in [1.82, 2.24) is 4.90 Å². The normalized spacial score (nSPS) is 13.1. The monoisotopic (exact) mass is 448 g/mol. The number of amides is 2. The molecule has 0 fully saturated rings. The lowest BCUT2D eigenvalue weighted by Crippen LogP contribution is -2.39. The van der Waals surface area contributed by atoms with E-state index >= 15 is 0 Å². The summed E-state index contributed by atoms with van der Waals surface area (Å²) < 4.78 is 48.9. The van der Waals surface area contributed by atoms with E-state index in [-0.39, 0.29) is 11.7 Å². The Hall–Kier alpha value is -2.23. The van der Waals surface area contributed by atoms with Crippen LogP contribution in [-0.4, -0.2) is 39.7 Å². The van der Waals surface area contributed by atoms with Gasteiger partial charge in [0.05, 0.1) is 12.1 Å². The highest BCUT2D eigenvalue weighted by molar-refractivity contribution is 8.13. The maximum absolute atomic E-state index is 12.8. The van der Waals surface area contributed by atoms with E-state index < -0.39 is 35.1 Å². The number of benzene rings is 1. The van der Waals surface area contributed by atoms with Crippen LogP contribution in [0.1, 0.15) is 52.7 Å². The van der Waals surface area contributed by atoms with Gasteiger partial charge in [0.2, 0.25) is 0 Å². The summed E-state index contributed by atoms with van der Waals surface area (Å²) in [5, 5.41) is -0.00148. The van der Waals surface area contributed by atoms with Gasteiger partial charge in [-0.3, -0.25) is 4.90 Å². The molecule has 0 aromatic heterocycles. The fourth-order valence-electron chi connectivity index (χ4n) is 2.09. The van der Waals surface area contributed by atoms with Crippen LogP contribution in [0.2, 0.25) is 0 Å². The quantitative estimate of drug-likeness (QED) is 0.404. The van der Waals surface area contributed by atoms with Crippen molar-refractivity contribution in [3.8, 4) is 0 Å². The van der Waals surface area contributed by atoms with E-state index in [0.717, 1.165) is 28.8 Å². The van der Waals surface area contributed by atoms with Gasteiger partial charge >= 0.3 is 18.4 Å². The van der Waals surface area contributed by atoms with E-state index in [1.807, 2.05) is 0 Å². The van der Waals surface area contributed by atoms with E-state index in [9.17, 15) is 22.8 Å². The molecule has 0 atom stereocenters. The average molecular weight is 449 g/mol. The number of carbonyl (C=O) groups is 2. The molecule has 6 nitrogen and oxygen atoms in total. The van der Waals surface area contributed by atoms with E-state index in [2.05, 4.69) is 4.99 Å². The number of thioether (sulfide) groups is 1. The summed E-state index contributed by atoms with van der Waals surface area (Å²) in [5.74, 6) is 0. The molecule has 0 aliphatic carbocycles. The van der Waals surface area contributed by atoms with Gasteiger partial charge in [-0.1, -0.05) is 23.9 Å². The molecule has 0 bridgehead atoms. The molecule has 0 aliphatic rings. The minimum absolute atomic E-state index is 0.00148. The summed E-state index contributed by atoms with van der Waals surface area (Å²) in [6, 6.07) is 4.36. The van der Waals surface area contributed by atoms with Gasteiger partial charge in [0, 0.05) is 0 Å². The Morgan fingerprint density at radius 1 is 0.967 bits per heavy atom. The second-order valence-electron chi connectivity index (χ2n) is 8.34. The maximum atomic E-state index is 12.8.